The summed E-state index contributed by atoms with van der Waals surface area (Å²) in [5.74, 6) is 0. The van der Waals surface area contributed by atoms with Crippen molar-refractivity contribution >= 4 is 0 Å². The van der Waals surface area contributed by atoms with Crippen LogP contribution in [0.25, 0.3) is 0 Å². The monoisotopic (exact) mass is 75.1 g/mol. The quantitative estimate of drug-likeness (QED) is 0.422. The normalized spacial score (nSPS) is 9.60. The van der Waals surface area contributed by atoms with Crippen LogP contribution in [0, 0.1) is 0 Å². The van der Waals surface area contributed by atoms with Gasteiger partial charge < -0.3 is 11.5 Å². The van der Waals surface area contributed by atoms with Crippen LogP contribution in [0.15, 0.2) is 0 Å². The van der Waals surface area contributed by atoms with E-state index in [1.165, 1.54) is 0 Å². The Balaban J connectivity index is 0. The Labute approximate surface area is 33.6 Å². The summed E-state index contributed by atoms with van der Waals surface area (Å²) < 4.78 is 0. The van der Waals surface area contributed by atoms with Gasteiger partial charge in [0.15, 0.2) is 0 Å². The highest BCUT2D eigenvalue weighted by atomic mass is 14.8. The summed E-state index contributed by atoms with van der Waals surface area (Å²) >= 11 is 0. The van der Waals surface area contributed by atoms with Crippen molar-refractivity contribution < 1.29 is 1.43 Å². The number of hydrogen-bond acceptors (Lipinski definition) is 2. The number of rotatable bonds is 1. The van der Waals surface area contributed by atoms with E-state index in [9.17, 15) is 0 Å². The van der Waals surface area contributed by atoms with Crippen molar-refractivity contribution in [1.82, 2.24) is 0 Å². The van der Waals surface area contributed by atoms with Crippen LogP contribution >= 0.6 is 0 Å². The minimum Gasteiger partial charge on any atom is -0.316 e. The molecule has 0 atom stereocenters. The molecule has 0 radical (unpaired) electrons. The van der Waals surface area contributed by atoms with Gasteiger partial charge in [0, 0.05) is 0 Å². The molecule has 0 saturated carbocycles. The van der Waals surface area contributed by atoms with Crippen LogP contribution in [0.1, 0.15) is 14.8 Å². The first-order chi connectivity index (χ1) is 2.27. The van der Waals surface area contributed by atoms with Gasteiger partial charge in [0.1, 0.15) is 0 Å². The average Bonchev–Trinajstić information content (AvgIpc) is 1.38. The Morgan fingerprint density at radius 3 is 2.00 bits per heavy atom. The second kappa shape index (κ2) is 2.18. The second-order valence-corrected chi connectivity index (χ2v) is 1.07. The molecule has 0 rings (SSSR count). The molecule has 0 unspecified atom stereocenters. The summed E-state index contributed by atoms with van der Waals surface area (Å²) in [5.41, 5.74) is 10.1. The standard InChI is InChI=1S/C3H10N2/c1-2-3(4)5/h3H,2,4-5H2,1H3/p+1. The SMILES string of the molecule is CCC(N)N.[H+]. The lowest BCUT2D eigenvalue weighted by molar-refractivity contribution is 0.682. The molecule has 0 aromatic carbocycles. The van der Waals surface area contributed by atoms with E-state index in [1.807, 2.05) is 6.92 Å². The topological polar surface area (TPSA) is 52.0 Å². The second-order valence-electron chi connectivity index (χ2n) is 1.07. The summed E-state index contributed by atoms with van der Waals surface area (Å²) in [4.78, 5) is 0. The molecule has 0 saturated heterocycles. The maximum Gasteiger partial charge on any atom is 1.00 e. The Kier molecular flexibility index (Phi) is 2.14. The molecule has 0 aliphatic heterocycles. The van der Waals surface area contributed by atoms with E-state index >= 15 is 0 Å². The fraction of sp³-hybridized carbons (Fsp3) is 1.00. The third kappa shape index (κ3) is 3.92. The first kappa shape index (κ1) is 4.92. The van der Waals surface area contributed by atoms with E-state index < -0.39 is 0 Å². The van der Waals surface area contributed by atoms with Crippen molar-refractivity contribution in [2.75, 3.05) is 0 Å². The molecule has 0 spiro atoms. The Morgan fingerprint density at radius 1 is 1.80 bits per heavy atom. The van der Waals surface area contributed by atoms with Crippen LogP contribution in [-0.4, -0.2) is 6.17 Å². The molecule has 0 aliphatic carbocycles. The Bertz CT molecular complexity index is 22.8. The molecule has 32 valence electrons. The lowest BCUT2D eigenvalue weighted by Crippen LogP contribution is -2.28. The molecule has 5 heavy (non-hydrogen) atoms. The fourth-order valence-electron chi connectivity index (χ4n) is 0. The predicted octanol–water partition coefficient (Wildman–Crippen LogP) is -0.248. The van der Waals surface area contributed by atoms with E-state index in [0.29, 0.717) is 0 Å². The summed E-state index contributed by atoms with van der Waals surface area (Å²) in [6, 6.07) is 0. The molecular weight excluding hydrogens is 64.0 g/mol. The Morgan fingerprint density at radius 2 is 2.00 bits per heavy atom. The van der Waals surface area contributed by atoms with Gasteiger partial charge in [0.05, 0.1) is 6.17 Å². The third-order valence-electron chi connectivity index (χ3n) is 0.471. The van der Waals surface area contributed by atoms with E-state index in [2.05, 4.69) is 0 Å². The van der Waals surface area contributed by atoms with Gasteiger partial charge in [-0.25, -0.2) is 0 Å². The zero-order valence-electron chi connectivity index (χ0n) is 4.44. The molecule has 0 amide bonds. The number of nitrogens with two attached hydrogens (primary N) is 2. The van der Waals surface area contributed by atoms with Gasteiger partial charge in [-0.1, -0.05) is 6.92 Å². The minimum atomic E-state index is -0.116. The van der Waals surface area contributed by atoms with Gasteiger partial charge in [0.2, 0.25) is 0 Å². The fourth-order valence-corrected chi connectivity index (χ4v) is 0. The first-order valence-corrected chi connectivity index (χ1v) is 1.78. The van der Waals surface area contributed by atoms with Crippen LogP contribution in [0.4, 0.5) is 0 Å². The van der Waals surface area contributed by atoms with Crippen molar-refractivity contribution in [2.45, 2.75) is 19.5 Å². The maximum atomic E-state index is 5.07. The third-order valence-corrected chi connectivity index (χ3v) is 0.471. The van der Waals surface area contributed by atoms with Crippen molar-refractivity contribution in [3.8, 4) is 0 Å². The molecule has 2 heteroatoms. The summed E-state index contributed by atoms with van der Waals surface area (Å²) in [7, 11) is 0. The molecule has 0 heterocycles. The molecule has 0 bridgehead atoms. The molecule has 2 nitrogen and oxygen atoms in total. The van der Waals surface area contributed by atoms with Crippen LogP contribution in [-0.2, 0) is 0 Å². The predicted molar refractivity (Wildman–Crippen MR) is 23.6 cm³/mol. The van der Waals surface area contributed by atoms with Gasteiger partial charge in [-0.15, -0.1) is 0 Å². The maximum absolute atomic E-state index is 5.07. The van der Waals surface area contributed by atoms with Crippen LogP contribution in [0.2, 0.25) is 0 Å². The Hall–Kier alpha value is -0.0800. The van der Waals surface area contributed by atoms with E-state index in [-0.39, 0.29) is 7.59 Å². The van der Waals surface area contributed by atoms with Crippen molar-refractivity contribution in [1.29, 1.82) is 0 Å². The zero-order valence-corrected chi connectivity index (χ0v) is 3.44. The van der Waals surface area contributed by atoms with Crippen LogP contribution in [0.5, 0.6) is 0 Å². The molecule has 0 fully saturated rings. The van der Waals surface area contributed by atoms with Gasteiger partial charge in [-0.05, 0) is 6.42 Å². The largest absolute Gasteiger partial charge is 1.00 e. The van der Waals surface area contributed by atoms with E-state index in [1.54, 1.807) is 0 Å². The van der Waals surface area contributed by atoms with E-state index in [0.717, 1.165) is 6.42 Å². The minimum absolute atomic E-state index is 0. The smallest absolute Gasteiger partial charge is 0.316 e. The molecule has 4 N–H and O–H groups in total. The van der Waals surface area contributed by atoms with Crippen molar-refractivity contribution in [3.05, 3.63) is 0 Å². The summed E-state index contributed by atoms with van der Waals surface area (Å²) in [6.07, 6.45) is 0.745. The lowest BCUT2D eigenvalue weighted by atomic mass is 10.4. The zero-order chi connectivity index (χ0) is 4.28. The molecular formula is C3H11N2+. The van der Waals surface area contributed by atoms with Crippen LogP contribution in [0.3, 0.4) is 0 Å². The van der Waals surface area contributed by atoms with Crippen LogP contribution < -0.4 is 11.5 Å². The summed E-state index contributed by atoms with van der Waals surface area (Å²) in [5, 5.41) is 0. The lowest BCUT2D eigenvalue weighted by Gasteiger charge is -1.92. The average molecular weight is 75.1 g/mol. The highest BCUT2D eigenvalue weighted by Crippen LogP contribution is 1.68. The molecule has 0 aromatic heterocycles. The highest BCUT2D eigenvalue weighted by Gasteiger charge is 1.79. The molecule has 0 aliphatic rings. The van der Waals surface area contributed by atoms with Gasteiger partial charge >= 0.3 is 1.43 Å². The molecule has 0 aromatic rings. The van der Waals surface area contributed by atoms with Crippen molar-refractivity contribution in [3.63, 3.8) is 0 Å². The van der Waals surface area contributed by atoms with E-state index in [4.69, 9.17) is 11.5 Å². The summed E-state index contributed by atoms with van der Waals surface area (Å²) in [6.45, 7) is 1.95. The van der Waals surface area contributed by atoms with Gasteiger partial charge in [0.25, 0.3) is 0 Å². The van der Waals surface area contributed by atoms with Gasteiger partial charge in [-0.3, -0.25) is 0 Å². The van der Waals surface area contributed by atoms with Gasteiger partial charge in [-0.2, -0.15) is 0 Å². The highest BCUT2D eigenvalue weighted by molar-refractivity contribution is 4.40. The number of hydrogen-bond donors (Lipinski definition) is 2. The van der Waals surface area contributed by atoms with Crippen molar-refractivity contribution in [2.24, 2.45) is 11.5 Å². The first-order valence-electron chi connectivity index (χ1n) is 1.78.